The first-order chi connectivity index (χ1) is 9.40. The summed E-state index contributed by atoms with van der Waals surface area (Å²) in [6, 6.07) is 6.14. The highest BCUT2D eigenvalue weighted by Gasteiger charge is 2.14. The number of ether oxygens (including phenoxy) is 1. The van der Waals surface area contributed by atoms with E-state index < -0.39 is 11.0 Å². The van der Waals surface area contributed by atoms with Crippen LogP contribution < -0.4 is 10.6 Å². The highest BCUT2D eigenvalue weighted by Crippen LogP contribution is 2.22. The maximum atomic E-state index is 11.4. The van der Waals surface area contributed by atoms with Gasteiger partial charge in [-0.1, -0.05) is 12.1 Å². The van der Waals surface area contributed by atoms with Gasteiger partial charge in [0.1, 0.15) is 5.69 Å². The molecule has 0 saturated heterocycles. The summed E-state index contributed by atoms with van der Waals surface area (Å²) in [5, 5.41) is 16.4. The first-order valence-corrected chi connectivity index (χ1v) is 6.34. The average Bonchev–Trinajstić information content (AvgIpc) is 2.35. The molecule has 0 radical (unpaired) electrons. The Balaban J connectivity index is 2.51. The number of carbonyl (C=O) groups is 1. The molecular formula is C13H19N3O4. The van der Waals surface area contributed by atoms with Gasteiger partial charge in [-0.15, -0.1) is 0 Å². The van der Waals surface area contributed by atoms with Crippen molar-refractivity contribution >= 4 is 17.5 Å². The van der Waals surface area contributed by atoms with Gasteiger partial charge < -0.3 is 15.4 Å². The number of carbonyl (C=O) groups excluding carboxylic acids is 1. The zero-order valence-corrected chi connectivity index (χ0v) is 11.8. The van der Waals surface area contributed by atoms with E-state index in [1.165, 1.54) is 6.07 Å². The van der Waals surface area contributed by atoms with E-state index in [0.717, 1.165) is 0 Å². The number of alkyl carbamates (subject to hydrolysis) is 1. The van der Waals surface area contributed by atoms with E-state index in [2.05, 4.69) is 10.6 Å². The zero-order valence-electron chi connectivity index (χ0n) is 11.8. The largest absolute Gasteiger partial charge is 0.447 e. The molecule has 0 aliphatic carbocycles. The van der Waals surface area contributed by atoms with Crippen molar-refractivity contribution in [3.8, 4) is 0 Å². The molecule has 0 saturated carbocycles. The molecule has 1 aromatic rings. The third-order valence-electron chi connectivity index (χ3n) is 2.41. The van der Waals surface area contributed by atoms with Gasteiger partial charge in [-0.05, 0) is 26.8 Å². The first kappa shape index (κ1) is 15.7. The third kappa shape index (κ3) is 5.13. The lowest BCUT2D eigenvalue weighted by atomic mass is 10.2. The second-order valence-electron chi connectivity index (χ2n) is 4.65. The van der Waals surface area contributed by atoms with Crippen molar-refractivity contribution in [2.45, 2.75) is 32.9 Å². The molecule has 0 heterocycles. The molecule has 0 fully saturated rings. The number of nitrogens with zero attached hydrogens (tertiary/aromatic N) is 1. The number of benzene rings is 1. The van der Waals surface area contributed by atoms with Crippen LogP contribution in [0.1, 0.15) is 20.8 Å². The molecule has 7 heteroatoms. The van der Waals surface area contributed by atoms with Crippen LogP contribution in [0.25, 0.3) is 0 Å². The van der Waals surface area contributed by atoms with Gasteiger partial charge in [0.05, 0.1) is 11.0 Å². The van der Waals surface area contributed by atoms with Crippen molar-refractivity contribution in [1.82, 2.24) is 5.32 Å². The van der Waals surface area contributed by atoms with Gasteiger partial charge in [0, 0.05) is 18.7 Å². The van der Waals surface area contributed by atoms with Gasteiger partial charge in [-0.2, -0.15) is 0 Å². The van der Waals surface area contributed by atoms with Crippen LogP contribution in [0.5, 0.6) is 0 Å². The Bertz CT molecular complexity index is 476. The van der Waals surface area contributed by atoms with E-state index in [0.29, 0.717) is 12.2 Å². The van der Waals surface area contributed by atoms with Crippen LogP contribution in [0.4, 0.5) is 16.2 Å². The summed E-state index contributed by atoms with van der Waals surface area (Å²) >= 11 is 0. The summed E-state index contributed by atoms with van der Waals surface area (Å²) in [5.74, 6) is 0. The van der Waals surface area contributed by atoms with Crippen LogP contribution in [-0.4, -0.2) is 29.7 Å². The lowest BCUT2D eigenvalue weighted by molar-refractivity contribution is -0.384. The van der Waals surface area contributed by atoms with Crippen LogP contribution in [-0.2, 0) is 4.74 Å². The van der Waals surface area contributed by atoms with Gasteiger partial charge in [-0.3, -0.25) is 10.1 Å². The highest BCUT2D eigenvalue weighted by atomic mass is 16.6. The monoisotopic (exact) mass is 281 g/mol. The minimum atomic E-state index is -0.503. The fraction of sp³-hybridized carbons (Fsp3) is 0.462. The number of nitrogens with one attached hydrogen (secondary N) is 2. The molecule has 0 spiro atoms. The smallest absolute Gasteiger partial charge is 0.407 e. The Labute approximate surface area is 117 Å². The second-order valence-corrected chi connectivity index (χ2v) is 4.65. The van der Waals surface area contributed by atoms with Gasteiger partial charge in [-0.25, -0.2) is 4.79 Å². The van der Waals surface area contributed by atoms with E-state index in [1.54, 1.807) is 39.0 Å². The Hall–Kier alpha value is -2.31. The fourth-order valence-electron chi connectivity index (χ4n) is 1.55. The Morgan fingerprint density at radius 1 is 1.35 bits per heavy atom. The van der Waals surface area contributed by atoms with Crippen molar-refractivity contribution in [1.29, 1.82) is 0 Å². The molecular weight excluding hydrogens is 262 g/mol. The zero-order chi connectivity index (χ0) is 15.1. The molecule has 0 aliphatic rings. The molecule has 20 heavy (non-hydrogen) atoms. The lowest BCUT2D eigenvalue weighted by Gasteiger charge is -2.16. The number of hydrogen-bond acceptors (Lipinski definition) is 5. The van der Waals surface area contributed by atoms with Crippen LogP contribution >= 0.6 is 0 Å². The molecule has 0 bridgehead atoms. The van der Waals surface area contributed by atoms with Crippen molar-refractivity contribution in [2.75, 3.05) is 11.9 Å². The van der Waals surface area contributed by atoms with Gasteiger partial charge in [0.15, 0.2) is 0 Å². The maximum Gasteiger partial charge on any atom is 0.407 e. The number of hydrogen-bond donors (Lipinski definition) is 2. The Morgan fingerprint density at radius 2 is 2.00 bits per heavy atom. The van der Waals surface area contributed by atoms with E-state index in [4.69, 9.17) is 4.74 Å². The Morgan fingerprint density at radius 3 is 2.60 bits per heavy atom. The summed E-state index contributed by atoms with van der Waals surface area (Å²) in [5.41, 5.74) is 0.424. The summed E-state index contributed by atoms with van der Waals surface area (Å²) in [4.78, 5) is 21.8. The van der Waals surface area contributed by atoms with E-state index in [9.17, 15) is 14.9 Å². The summed E-state index contributed by atoms with van der Waals surface area (Å²) in [6.07, 6.45) is -0.692. The minimum Gasteiger partial charge on any atom is -0.447 e. The molecule has 1 rings (SSSR count). The summed E-state index contributed by atoms with van der Waals surface area (Å²) < 4.78 is 4.95. The van der Waals surface area contributed by atoms with Crippen LogP contribution in [0.15, 0.2) is 24.3 Å². The van der Waals surface area contributed by atoms with E-state index in [1.807, 2.05) is 0 Å². The van der Waals surface area contributed by atoms with Crippen LogP contribution in [0, 0.1) is 10.1 Å². The highest BCUT2D eigenvalue weighted by molar-refractivity contribution is 5.68. The van der Waals surface area contributed by atoms with Crippen molar-refractivity contribution in [3.63, 3.8) is 0 Å². The molecule has 1 atom stereocenters. The average molecular weight is 281 g/mol. The predicted octanol–water partition coefficient (Wildman–Crippen LogP) is 2.53. The number of rotatable bonds is 6. The molecule has 0 unspecified atom stereocenters. The third-order valence-corrected chi connectivity index (χ3v) is 2.41. The predicted molar refractivity (Wildman–Crippen MR) is 75.8 cm³/mol. The lowest BCUT2D eigenvalue weighted by Crippen LogP contribution is -2.38. The van der Waals surface area contributed by atoms with E-state index in [-0.39, 0.29) is 17.8 Å². The van der Waals surface area contributed by atoms with Gasteiger partial charge >= 0.3 is 6.09 Å². The SMILES string of the molecule is CC(C)OC(=O)N[C@@H](C)CNc1ccccc1[N+](=O)[O-]. The topological polar surface area (TPSA) is 93.5 Å². The maximum absolute atomic E-state index is 11.4. The number of nitro benzene ring substituents is 1. The fourth-order valence-corrected chi connectivity index (χ4v) is 1.55. The van der Waals surface area contributed by atoms with Gasteiger partial charge in [0.2, 0.25) is 0 Å². The number of nitro groups is 1. The quantitative estimate of drug-likeness (QED) is 0.617. The molecule has 0 aliphatic heterocycles. The molecule has 1 aromatic carbocycles. The normalized spacial score (nSPS) is 11.8. The molecule has 1 amide bonds. The molecule has 0 aromatic heterocycles. The second kappa shape index (κ2) is 7.32. The standard InChI is InChI=1S/C13H19N3O4/c1-9(2)20-13(17)15-10(3)8-14-11-6-4-5-7-12(11)16(18)19/h4-7,9-10,14H,8H2,1-3H3,(H,15,17)/t10-/m0/s1. The van der Waals surface area contributed by atoms with Crippen LogP contribution in [0.3, 0.4) is 0 Å². The molecule has 110 valence electrons. The van der Waals surface area contributed by atoms with E-state index >= 15 is 0 Å². The van der Waals surface area contributed by atoms with Crippen LogP contribution in [0.2, 0.25) is 0 Å². The minimum absolute atomic E-state index is 0.00413. The summed E-state index contributed by atoms with van der Waals surface area (Å²) in [7, 11) is 0. The van der Waals surface area contributed by atoms with Crippen molar-refractivity contribution < 1.29 is 14.5 Å². The van der Waals surface area contributed by atoms with Crippen molar-refractivity contribution in [3.05, 3.63) is 34.4 Å². The first-order valence-electron chi connectivity index (χ1n) is 6.34. The summed E-state index contributed by atoms with van der Waals surface area (Å²) in [6.45, 7) is 5.66. The van der Waals surface area contributed by atoms with Gasteiger partial charge in [0.25, 0.3) is 5.69 Å². The number of anilines is 1. The molecule has 2 N–H and O–H groups in total. The molecule has 7 nitrogen and oxygen atoms in total. The number of para-hydroxylation sites is 2. The Kier molecular flexibility index (Phi) is 5.76. The van der Waals surface area contributed by atoms with Crippen molar-refractivity contribution in [2.24, 2.45) is 0 Å². The number of amides is 1.